The second kappa shape index (κ2) is 7.04. The Morgan fingerprint density at radius 2 is 1.75 bits per heavy atom. The summed E-state index contributed by atoms with van der Waals surface area (Å²) in [6.45, 7) is 4.24. The number of carbonyl (C=O) groups excluding carboxylic acids is 1. The molecule has 3 aromatic rings. The number of hydrogen-bond donors (Lipinski definition) is 2. The minimum atomic E-state index is -0.257. The van der Waals surface area contributed by atoms with E-state index < -0.39 is 0 Å². The molecule has 122 valence electrons. The van der Waals surface area contributed by atoms with Gasteiger partial charge >= 0.3 is 0 Å². The van der Waals surface area contributed by atoms with Gasteiger partial charge in [-0.3, -0.25) is 4.79 Å². The highest BCUT2D eigenvalue weighted by Gasteiger charge is 2.09. The third-order valence-corrected chi connectivity index (χ3v) is 3.90. The number of hydrogen-bond acceptors (Lipinski definition) is 3. The molecular weight excluding hydrogens is 300 g/mol. The first-order chi connectivity index (χ1) is 11.7. The van der Waals surface area contributed by atoms with Gasteiger partial charge in [-0.25, -0.2) is 0 Å². The molecule has 1 amide bonds. The number of furan rings is 1. The Bertz CT molecular complexity index is 821. The number of amides is 1. The van der Waals surface area contributed by atoms with Crippen molar-refractivity contribution in [3.8, 4) is 0 Å². The first kappa shape index (κ1) is 15.9. The van der Waals surface area contributed by atoms with Gasteiger partial charge < -0.3 is 15.1 Å². The lowest BCUT2D eigenvalue weighted by atomic mass is 10.1. The third-order valence-electron chi connectivity index (χ3n) is 3.90. The molecule has 0 aliphatic rings. The zero-order valence-electron chi connectivity index (χ0n) is 13.8. The molecule has 1 heterocycles. The summed E-state index contributed by atoms with van der Waals surface area (Å²) in [5.74, 6) is 0.0394. The van der Waals surface area contributed by atoms with Gasteiger partial charge in [-0.15, -0.1) is 0 Å². The van der Waals surface area contributed by atoms with Crippen LogP contribution in [0.15, 0.2) is 65.3 Å². The maximum Gasteiger partial charge on any atom is 0.291 e. The van der Waals surface area contributed by atoms with Crippen LogP contribution in [0.25, 0.3) is 0 Å². The minimum absolute atomic E-state index is 0.257. The predicted molar refractivity (Wildman–Crippen MR) is 96.9 cm³/mol. The number of rotatable bonds is 5. The number of anilines is 3. The van der Waals surface area contributed by atoms with E-state index >= 15 is 0 Å². The van der Waals surface area contributed by atoms with E-state index in [1.807, 2.05) is 24.3 Å². The number of benzene rings is 2. The lowest BCUT2D eigenvalue weighted by Crippen LogP contribution is -2.10. The zero-order chi connectivity index (χ0) is 16.9. The molecule has 0 unspecified atom stereocenters. The smallest absolute Gasteiger partial charge is 0.291 e. The Kier molecular flexibility index (Phi) is 4.66. The van der Waals surface area contributed by atoms with Gasteiger partial charge in [0.2, 0.25) is 0 Å². The highest BCUT2D eigenvalue weighted by molar-refractivity contribution is 6.02. The molecule has 2 aromatic carbocycles. The molecule has 1 aromatic heterocycles. The van der Waals surface area contributed by atoms with Crippen molar-refractivity contribution >= 4 is 23.0 Å². The van der Waals surface area contributed by atoms with Crippen molar-refractivity contribution in [1.82, 2.24) is 0 Å². The molecule has 0 aliphatic carbocycles. The summed E-state index contributed by atoms with van der Waals surface area (Å²) < 4.78 is 5.08. The average molecular weight is 320 g/mol. The van der Waals surface area contributed by atoms with Crippen molar-refractivity contribution < 1.29 is 9.21 Å². The predicted octanol–water partition coefficient (Wildman–Crippen LogP) is 5.15. The van der Waals surface area contributed by atoms with Gasteiger partial charge in [0, 0.05) is 17.1 Å². The molecule has 0 bridgehead atoms. The van der Waals surface area contributed by atoms with Gasteiger partial charge in [0.05, 0.1) is 6.26 Å². The van der Waals surface area contributed by atoms with Crippen molar-refractivity contribution in [2.45, 2.75) is 20.3 Å². The summed E-state index contributed by atoms with van der Waals surface area (Å²) >= 11 is 0. The molecule has 3 rings (SSSR count). The van der Waals surface area contributed by atoms with Gasteiger partial charge in [0.1, 0.15) is 0 Å². The van der Waals surface area contributed by atoms with Crippen LogP contribution in [0.5, 0.6) is 0 Å². The maximum atomic E-state index is 12.0. The van der Waals surface area contributed by atoms with Crippen LogP contribution in [0.1, 0.15) is 28.6 Å². The molecule has 0 atom stereocenters. The van der Waals surface area contributed by atoms with Crippen LogP contribution in [0.4, 0.5) is 17.1 Å². The Hall–Kier alpha value is -3.01. The molecular formula is C20H20N2O2. The number of aryl methyl sites for hydroxylation is 2. The van der Waals surface area contributed by atoms with Gasteiger partial charge in [-0.05, 0) is 60.9 Å². The van der Waals surface area contributed by atoms with Gasteiger partial charge in [0.15, 0.2) is 5.76 Å². The van der Waals surface area contributed by atoms with Crippen LogP contribution >= 0.6 is 0 Å². The fourth-order valence-electron chi connectivity index (χ4n) is 2.58. The fourth-order valence-corrected chi connectivity index (χ4v) is 2.58. The molecule has 0 fully saturated rings. The Morgan fingerprint density at radius 3 is 2.42 bits per heavy atom. The van der Waals surface area contributed by atoms with E-state index in [1.54, 1.807) is 12.1 Å². The van der Waals surface area contributed by atoms with Crippen molar-refractivity contribution in [3.05, 3.63) is 77.7 Å². The number of nitrogens with one attached hydrogen (secondary N) is 2. The second-order valence-corrected chi connectivity index (χ2v) is 5.60. The van der Waals surface area contributed by atoms with Crippen LogP contribution < -0.4 is 10.6 Å². The summed E-state index contributed by atoms with van der Waals surface area (Å²) in [6.07, 6.45) is 2.46. The normalized spacial score (nSPS) is 10.4. The quantitative estimate of drug-likeness (QED) is 0.684. The highest BCUT2D eigenvalue weighted by Crippen LogP contribution is 2.26. The van der Waals surface area contributed by atoms with E-state index in [0.717, 1.165) is 23.5 Å². The molecule has 0 spiro atoms. The van der Waals surface area contributed by atoms with Gasteiger partial charge in [-0.2, -0.15) is 0 Å². The molecule has 4 nitrogen and oxygen atoms in total. The van der Waals surface area contributed by atoms with Gasteiger partial charge in [0.25, 0.3) is 5.91 Å². The first-order valence-corrected chi connectivity index (χ1v) is 7.98. The monoisotopic (exact) mass is 320 g/mol. The topological polar surface area (TPSA) is 54.3 Å². The van der Waals surface area contributed by atoms with E-state index in [2.05, 4.69) is 42.7 Å². The Labute approximate surface area is 141 Å². The molecule has 4 heteroatoms. The van der Waals surface area contributed by atoms with Crippen LogP contribution in [0.3, 0.4) is 0 Å². The van der Waals surface area contributed by atoms with Crippen molar-refractivity contribution in [2.75, 3.05) is 10.6 Å². The number of para-hydroxylation sites is 1. The lowest BCUT2D eigenvalue weighted by Gasteiger charge is -2.14. The lowest BCUT2D eigenvalue weighted by molar-refractivity contribution is 0.0996. The molecule has 24 heavy (non-hydrogen) atoms. The van der Waals surface area contributed by atoms with Crippen LogP contribution in [-0.2, 0) is 6.42 Å². The summed E-state index contributed by atoms with van der Waals surface area (Å²) in [4.78, 5) is 12.0. The van der Waals surface area contributed by atoms with E-state index in [-0.39, 0.29) is 5.91 Å². The van der Waals surface area contributed by atoms with Crippen molar-refractivity contribution in [1.29, 1.82) is 0 Å². The standard InChI is InChI=1S/C20H20N2O2/c1-3-15-7-4-6-14(2)19(15)21-16-9-11-17(12-10-16)22-20(23)18-8-5-13-24-18/h4-13,21H,3H2,1-2H3,(H,22,23). The third kappa shape index (κ3) is 3.49. The zero-order valence-corrected chi connectivity index (χ0v) is 13.8. The highest BCUT2D eigenvalue weighted by atomic mass is 16.3. The van der Waals surface area contributed by atoms with E-state index in [0.29, 0.717) is 5.76 Å². The molecule has 0 aliphatic heterocycles. The Morgan fingerprint density at radius 1 is 1.00 bits per heavy atom. The summed E-state index contributed by atoms with van der Waals surface area (Å²) in [5, 5.41) is 6.28. The summed E-state index contributed by atoms with van der Waals surface area (Å²) in [7, 11) is 0. The van der Waals surface area contributed by atoms with Crippen LogP contribution in [0.2, 0.25) is 0 Å². The molecule has 0 radical (unpaired) electrons. The fraction of sp³-hybridized carbons (Fsp3) is 0.150. The largest absolute Gasteiger partial charge is 0.459 e. The van der Waals surface area contributed by atoms with Crippen molar-refractivity contribution in [2.24, 2.45) is 0 Å². The van der Waals surface area contributed by atoms with E-state index in [1.165, 1.54) is 17.4 Å². The molecule has 0 saturated carbocycles. The number of carbonyl (C=O) groups is 1. The summed E-state index contributed by atoms with van der Waals surface area (Å²) in [6, 6.07) is 17.3. The van der Waals surface area contributed by atoms with Crippen molar-refractivity contribution in [3.63, 3.8) is 0 Å². The Balaban J connectivity index is 1.72. The summed E-state index contributed by atoms with van der Waals surface area (Å²) in [5.41, 5.74) is 5.35. The second-order valence-electron chi connectivity index (χ2n) is 5.60. The van der Waals surface area contributed by atoms with Crippen LogP contribution in [-0.4, -0.2) is 5.91 Å². The molecule has 2 N–H and O–H groups in total. The maximum absolute atomic E-state index is 12.0. The van der Waals surface area contributed by atoms with E-state index in [4.69, 9.17) is 4.42 Å². The average Bonchev–Trinajstić information content (AvgIpc) is 3.13. The first-order valence-electron chi connectivity index (χ1n) is 7.98. The van der Waals surface area contributed by atoms with E-state index in [9.17, 15) is 4.79 Å². The minimum Gasteiger partial charge on any atom is -0.459 e. The molecule has 0 saturated heterocycles. The van der Waals surface area contributed by atoms with Crippen LogP contribution in [0, 0.1) is 6.92 Å². The van der Waals surface area contributed by atoms with Gasteiger partial charge in [-0.1, -0.05) is 25.1 Å². The SMILES string of the molecule is CCc1cccc(C)c1Nc1ccc(NC(=O)c2ccco2)cc1.